The molecule has 4 heterocycles. The number of hydrogen-bond acceptors (Lipinski definition) is 4. The zero-order valence-corrected chi connectivity index (χ0v) is 18.3. The Morgan fingerprint density at radius 3 is 1.71 bits per heavy atom. The Balaban J connectivity index is 1.39. The van der Waals surface area contributed by atoms with Gasteiger partial charge in [-0.15, -0.1) is 0 Å². The summed E-state index contributed by atoms with van der Waals surface area (Å²) in [5.41, 5.74) is 9.33. The monoisotopic (exact) mass is 444 g/mol. The summed E-state index contributed by atoms with van der Waals surface area (Å²) in [6, 6.07) is 20.1. The molecule has 1 aromatic carbocycles. The lowest BCUT2D eigenvalue weighted by atomic mass is 9.78. The summed E-state index contributed by atoms with van der Waals surface area (Å²) in [4.78, 5) is 0. The molecule has 164 valence electrons. The number of benzene rings is 1. The lowest BCUT2D eigenvalue weighted by Crippen LogP contribution is -2.09. The summed E-state index contributed by atoms with van der Waals surface area (Å²) in [6.45, 7) is 0. The normalized spacial score (nSPS) is 15.1. The summed E-state index contributed by atoms with van der Waals surface area (Å²) >= 11 is 0. The first kappa shape index (κ1) is 19.1. The molecule has 34 heavy (non-hydrogen) atoms. The zero-order valence-electron chi connectivity index (χ0n) is 18.3. The minimum Gasteiger partial charge on any atom is -0.465 e. The standard InChI is InChI=1S/C30H20O4/c1-5-27(31-9-1)23-15-19-13-21-17-25(29-7-3-11-33-29)26(30-8-4-12-34-30)18-22(21)14-20(19)16-24(23)28-6-2-10-32-28/h1-13,15-16,18H,14,17H2. The zero-order chi connectivity index (χ0) is 22.5. The van der Waals surface area contributed by atoms with E-state index >= 15 is 0 Å². The first-order chi connectivity index (χ1) is 16.8. The van der Waals surface area contributed by atoms with Gasteiger partial charge in [0.15, 0.2) is 0 Å². The van der Waals surface area contributed by atoms with Gasteiger partial charge in [-0.25, -0.2) is 0 Å². The van der Waals surface area contributed by atoms with Crippen molar-refractivity contribution in [2.24, 2.45) is 0 Å². The van der Waals surface area contributed by atoms with E-state index in [1.807, 2.05) is 48.5 Å². The van der Waals surface area contributed by atoms with Crippen LogP contribution >= 0.6 is 0 Å². The third-order valence-corrected chi connectivity index (χ3v) is 6.59. The van der Waals surface area contributed by atoms with E-state index in [1.165, 1.54) is 22.3 Å². The fraction of sp³-hybridized carbons (Fsp3) is 0.0667. The molecular formula is C30H20O4. The highest BCUT2D eigenvalue weighted by Gasteiger charge is 2.27. The molecule has 0 unspecified atom stereocenters. The highest BCUT2D eigenvalue weighted by atomic mass is 16.3. The van der Waals surface area contributed by atoms with Crippen molar-refractivity contribution in [1.82, 2.24) is 0 Å². The molecule has 4 nitrogen and oxygen atoms in total. The quantitative estimate of drug-likeness (QED) is 0.280. The highest BCUT2D eigenvalue weighted by Crippen LogP contribution is 2.45. The van der Waals surface area contributed by atoms with Crippen molar-refractivity contribution in [1.29, 1.82) is 0 Å². The smallest absolute Gasteiger partial charge is 0.134 e. The molecule has 0 spiro atoms. The second kappa shape index (κ2) is 7.56. The SMILES string of the molecule is C1=C2CC(c3ccco3)=C(c3ccco3)C=C2Cc2cc(-c3ccco3)c(-c3ccco3)cc21. The van der Waals surface area contributed by atoms with Crippen molar-refractivity contribution in [3.8, 4) is 22.6 Å². The summed E-state index contributed by atoms with van der Waals surface area (Å²) in [5.74, 6) is 3.39. The van der Waals surface area contributed by atoms with E-state index in [0.29, 0.717) is 0 Å². The van der Waals surface area contributed by atoms with Gasteiger partial charge >= 0.3 is 0 Å². The van der Waals surface area contributed by atoms with Gasteiger partial charge in [0.25, 0.3) is 0 Å². The molecule has 0 saturated carbocycles. The Kier molecular flexibility index (Phi) is 4.24. The molecule has 2 aliphatic rings. The molecule has 4 aromatic heterocycles. The minimum atomic E-state index is 0.783. The fourth-order valence-corrected chi connectivity index (χ4v) is 5.00. The van der Waals surface area contributed by atoms with Gasteiger partial charge in [0.2, 0.25) is 0 Å². The second-order valence-corrected chi connectivity index (χ2v) is 8.59. The topological polar surface area (TPSA) is 52.6 Å². The Labute approximate surface area is 196 Å². The molecule has 0 radical (unpaired) electrons. The molecule has 0 aliphatic heterocycles. The molecular weight excluding hydrogens is 424 g/mol. The van der Waals surface area contributed by atoms with E-state index < -0.39 is 0 Å². The third kappa shape index (κ3) is 3.07. The maximum atomic E-state index is 5.80. The van der Waals surface area contributed by atoms with Gasteiger partial charge in [0.05, 0.1) is 25.1 Å². The molecule has 7 rings (SSSR count). The van der Waals surface area contributed by atoms with Crippen LogP contribution in [0.15, 0.2) is 121 Å². The maximum Gasteiger partial charge on any atom is 0.134 e. The van der Waals surface area contributed by atoms with E-state index in [-0.39, 0.29) is 0 Å². The van der Waals surface area contributed by atoms with E-state index in [2.05, 4.69) is 24.3 Å². The molecule has 2 aliphatic carbocycles. The Bertz CT molecular complexity index is 1550. The van der Waals surface area contributed by atoms with Crippen LogP contribution in [0.25, 0.3) is 39.9 Å². The second-order valence-electron chi connectivity index (χ2n) is 8.59. The summed E-state index contributed by atoms with van der Waals surface area (Å²) in [5, 5.41) is 0. The van der Waals surface area contributed by atoms with Gasteiger partial charge in [-0.3, -0.25) is 0 Å². The number of furan rings is 4. The Morgan fingerprint density at radius 1 is 0.529 bits per heavy atom. The molecule has 0 fully saturated rings. The maximum absolute atomic E-state index is 5.80. The predicted octanol–water partition coefficient (Wildman–Crippen LogP) is 8.27. The number of fused-ring (bicyclic) bond motifs is 2. The van der Waals surface area contributed by atoms with Crippen molar-refractivity contribution >= 4 is 17.2 Å². The van der Waals surface area contributed by atoms with Gasteiger partial charge in [-0.1, -0.05) is 6.08 Å². The molecule has 0 atom stereocenters. The Hall–Kier alpha value is -4.44. The van der Waals surface area contributed by atoms with E-state index in [4.69, 9.17) is 17.7 Å². The van der Waals surface area contributed by atoms with Crippen molar-refractivity contribution in [2.45, 2.75) is 12.8 Å². The van der Waals surface area contributed by atoms with Crippen LogP contribution in [0.2, 0.25) is 0 Å². The van der Waals surface area contributed by atoms with Gasteiger partial charge in [-0.05, 0) is 95.4 Å². The van der Waals surface area contributed by atoms with Crippen molar-refractivity contribution in [3.63, 3.8) is 0 Å². The molecule has 0 amide bonds. The first-order valence-electron chi connectivity index (χ1n) is 11.3. The van der Waals surface area contributed by atoms with Crippen LogP contribution in [-0.2, 0) is 6.42 Å². The van der Waals surface area contributed by atoms with Gasteiger partial charge in [0.1, 0.15) is 23.0 Å². The molecule has 0 N–H and O–H groups in total. The lowest BCUT2D eigenvalue weighted by molar-refractivity contribution is 0.546. The predicted molar refractivity (Wildman–Crippen MR) is 130 cm³/mol. The average molecular weight is 444 g/mol. The summed E-state index contributed by atoms with van der Waals surface area (Å²) < 4.78 is 23.1. The molecule has 5 aromatic rings. The largest absolute Gasteiger partial charge is 0.465 e. The van der Waals surface area contributed by atoms with E-state index in [0.717, 1.165) is 58.2 Å². The van der Waals surface area contributed by atoms with Crippen LogP contribution < -0.4 is 0 Å². The lowest BCUT2D eigenvalue weighted by Gasteiger charge is -2.26. The number of hydrogen-bond donors (Lipinski definition) is 0. The van der Waals surface area contributed by atoms with Crippen molar-refractivity contribution in [3.05, 3.63) is 126 Å². The van der Waals surface area contributed by atoms with Crippen LogP contribution in [0.1, 0.15) is 29.1 Å². The third-order valence-electron chi connectivity index (χ3n) is 6.59. The van der Waals surface area contributed by atoms with Crippen LogP contribution in [0.3, 0.4) is 0 Å². The highest BCUT2D eigenvalue weighted by molar-refractivity contribution is 5.98. The van der Waals surface area contributed by atoms with Gasteiger partial charge in [0, 0.05) is 28.7 Å². The minimum absolute atomic E-state index is 0.783. The number of rotatable bonds is 4. The van der Waals surface area contributed by atoms with Gasteiger partial charge in [-0.2, -0.15) is 0 Å². The van der Waals surface area contributed by atoms with E-state index in [1.54, 1.807) is 25.1 Å². The molecule has 0 saturated heterocycles. The molecule has 4 heteroatoms. The van der Waals surface area contributed by atoms with Crippen LogP contribution in [0, 0.1) is 0 Å². The Morgan fingerprint density at radius 2 is 1.09 bits per heavy atom. The molecule has 0 bridgehead atoms. The summed E-state index contributed by atoms with van der Waals surface area (Å²) in [6.07, 6.45) is 13.0. The number of allylic oxidation sites excluding steroid dienone is 5. The van der Waals surface area contributed by atoms with Crippen molar-refractivity contribution in [2.75, 3.05) is 0 Å². The van der Waals surface area contributed by atoms with Crippen LogP contribution in [-0.4, -0.2) is 0 Å². The average Bonchev–Trinajstić information content (AvgIpc) is 3.68. The van der Waals surface area contributed by atoms with Crippen LogP contribution in [0.4, 0.5) is 0 Å². The fourth-order valence-electron chi connectivity index (χ4n) is 5.00. The van der Waals surface area contributed by atoms with Gasteiger partial charge < -0.3 is 17.7 Å². The van der Waals surface area contributed by atoms with Crippen molar-refractivity contribution < 1.29 is 17.7 Å². The first-order valence-corrected chi connectivity index (χ1v) is 11.3. The van der Waals surface area contributed by atoms with E-state index in [9.17, 15) is 0 Å². The summed E-state index contributed by atoms with van der Waals surface area (Å²) in [7, 11) is 0. The van der Waals surface area contributed by atoms with Crippen LogP contribution in [0.5, 0.6) is 0 Å².